The molecule has 0 spiro atoms. The summed E-state index contributed by atoms with van der Waals surface area (Å²) in [5.74, 6) is 0.558. The van der Waals surface area contributed by atoms with Gasteiger partial charge >= 0.3 is 12.2 Å². The number of hydrogen-bond acceptors (Lipinski definition) is 4. The van der Waals surface area contributed by atoms with E-state index < -0.39 is 11.7 Å². The molecule has 0 fully saturated rings. The highest BCUT2D eigenvalue weighted by molar-refractivity contribution is 5.62. The number of aromatic nitrogens is 1. The molecule has 3 rings (SSSR count). The van der Waals surface area contributed by atoms with Gasteiger partial charge in [0, 0.05) is 11.3 Å². The number of hydrogen-bond donors (Lipinski definition) is 1. The normalized spacial score (nSPS) is 12.2. The number of oxazole rings is 1. The lowest BCUT2D eigenvalue weighted by molar-refractivity contribution is -0.868. The highest BCUT2D eigenvalue weighted by Crippen LogP contribution is 2.33. The lowest BCUT2D eigenvalue weighted by Crippen LogP contribution is -2.41. The molecule has 3 aromatic rings. The zero-order valence-corrected chi connectivity index (χ0v) is 16.4. The van der Waals surface area contributed by atoms with Crippen LogP contribution in [-0.2, 0) is 6.18 Å². The highest BCUT2D eigenvalue weighted by atomic mass is 19.4. The van der Waals surface area contributed by atoms with Gasteiger partial charge in [-0.1, -0.05) is 12.1 Å². The van der Waals surface area contributed by atoms with Gasteiger partial charge in [-0.15, -0.1) is 0 Å². The van der Waals surface area contributed by atoms with Crippen molar-refractivity contribution in [1.29, 1.82) is 0 Å². The molecule has 1 N–H and O–H groups in total. The average molecular weight is 406 g/mol. The van der Waals surface area contributed by atoms with E-state index >= 15 is 0 Å². The number of nitrogens with zero attached hydrogens (tertiary/aromatic N) is 3. The summed E-state index contributed by atoms with van der Waals surface area (Å²) in [7, 11) is 6.08. The summed E-state index contributed by atoms with van der Waals surface area (Å²) in [5, 5.41) is 9.67. The molecular weight excluding hydrogens is 383 g/mol. The van der Waals surface area contributed by atoms with Gasteiger partial charge in [0.25, 0.3) is 0 Å². The number of benzene rings is 2. The second-order valence-corrected chi connectivity index (χ2v) is 7.77. The molecule has 0 amide bonds. The van der Waals surface area contributed by atoms with Gasteiger partial charge in [-0.3, -0.25) is 4.90 Å². The van der Waals surface area contributed by atoms with Crippen molar-refractivity contribution >= 4 is 11.7 Å². The second-order valence-electron chi connectivity index (χ2n) is 7.77. The third-order valence-corrected chi connectivity index (χ3v) is 4.36. The monoisotopic (exact) mass is 406 g/mol. The lowest BCUT2D eigenvalue weighted by atomic mass is 10.2. The molecule has 154 valence electrons. The molecule has 2 aromatic carbocycles. The maximum atomic E-state index is 12.9. The Kier molecular flexibility index (Phi) is 5.57. The minimum Gasteiger partial charge on any atom is -0.508 e. The molecule has 0 aliphatic carbocycles. The fraction of sp³-hybridized carbons (Fsp3) is 0.286. The fourth-order valence-electron chi connectivity index (χ4n) is 2.75. The van der Waals surface area contributed by atoms with Crippen LogP contribution in [0.3, 0.4) is 0 Å². The quantitative estimate of drug-likeness (QED) is 0.591. The predicted molar refractivity (Wildman–Crippen MR) is 105 cm³/mol. The SMILES string of the molecule is C[N+](C)(C)CCN(c1ccc(C(F)(F)F)cc1)c1ncc(-c2cccc(O)c2)o1. The van der Waals surface area contributed by atoms with Crippen molar-refractivity contribution < 1.29 is 27.2 Å². The van der Waals surface area contributed by atoms with E-state index in [2.05, 4.69) is 4.98 Å². The van der Waals surface area contributed by atoms with Crippen LogP contribution in [0.4, 0.5) is 24.9 Å². The van der Waals surface area contributed by atoms with E-state index in [1.54, 1.807) is 29.2 Å². The topological polar surface area (TPSA) is 49.5 Å². The zero-order valence-electron chi connectivity index (χ0n) is 16.4. The Morgan fingerprint density at radius 1 is 1.07 bits per heavy atom. The van der Waals surface area contributed by atoms with Crippen molar-refractivity contribution in [3.63, 3.8) is 0 Å². The lowest BCUT2D eigenvalue weighted by Gasteiger charge is -2.28. The first-order valence-corrected chi connectivity index (χ1v) is 9.03. The predicted octanol–water partition coefficient (Wildman–Crippen LogP) is 4.91. The second kappa shape index (κ2) is 7.79. The van der Waals surface area contributed by atoms with E-state index in [4.69, 9.17) is 4.42 Å². The Morgan fingerprint density at radius 3 is 2.34 bits per heavy atom. The first-order valence-electron chi connectivity index (χ1n) is 9.03. The van der Waals surface area contributed by atoms with Crippen LogP contribution < -0.4 is 4.90 Å². The Hall–Kier alpha value is -3.00. The van der Waals surface area contributed by atoms with Crippen LogP contribution in [0.1, 0.15) is 5.56 Å². The third-order valence-electron chi connectivity index (χ3n) is 4.36. The van der Waals surface area contributed by atoms with Crippen molar-refractivity contribution in [1.82, 2.24) is 4.98 Å². The first kappa shape index (κ1) is 20.7. The molecule has 0 saturated carbocycles. The summed E-state index contributed by atoms with van der Waals surface area (Å²) in [4.78, 5) is 6.07. The number of aromatic hydroxyl groups is 1. The number of phenolic OH excluding ortho intramolecular Hbond substituents is 1. The number of likely N-dealkylation sites (N-methyl/N-ethyl adjacent to an activating group) is 1. The molecule has 0 saturated heterocycles. The molecule has 0 atom stereocenters. The van der Waals surface area contributed by atoms with Gasteiger partial charge in [-0.05, 0) is 36.4 Å². The Balaban J connectivity index is 1.94. The van der Waals surface area contributed by atoms with Crippen LogP contribution in [0.25, 0.3) is 11.3 Å². The maximum Gasteiger partial charge on any atom is 0.416 e. The summed E-state index contributed by atoms with van der Waals surface area (Å²) in [5.41, 5.74) is 0.499. The molecule has 0 bridgehead atoms. The van der Waals surface area contributed by atoms with Crippen LogP contribution in [0.15, 0.2) is 59.1 Å². The van der Waals surface area contributed by atoms with Gasteiger partial charge < -0.3 is 14.0 Å². The molecular formula is C21H23F3N3O2+. The summed E-state index contributed by atoms with van der Waals surface area (Å²) in [6, 6.07) is 11.8. The van der Waals surface area contributed by atoms with Crippen LogP contribution in [0.5, 0.6) is 5.75 Å². The van der Waals surface area contributed by atoms with Crippen molar-refractivity contribution in [2.24, 2.45) is 0 Å². The molecule has 0 radical (unpaired) electrons. The Morgan fingerprint density at radius 2 is 1.76 bits per heavy atom. The average Bonchev–Trinajstić information content (AvgIpc) is 3.10. The van der Waals surface area contributed by atoms with E-state index in [1.807, 2.05) is 21.1 Å². The van der Waals surface area contributed by atoms with Gasteiger partial charge in [0.05, 0.1) is 46.0 Å². The number of quaternary nitrogens is 1. The van der Waals surface area contributed by atoms with Crippen molar-refractivity contribution in [3.8, 4) is 17.1 Å². The minimum atomic E-state index is -4.39. The van der Waals surface area contributed by atoms with E-state index in [0.29, 0.717) is 34.6 Å². The zero-order chi connectivity index (χ0) is 21.2. The number of phenols is 1. The molecule has 0 aliphatic heterocycles. The fourth-order valence-corrected chi connectivity index (χ4v) is 2.75. The summed E-state index contributed by atoms with van der Waals surface area (Å²) in [6.07, 6.45) is -2.86. The summed E-state index contributed by atoms with van der Waals surface area (Å²) >= 11 is 0. The summed E-state index contributed by atoms with van der Waals surface area (Å²) < 4.78 is 45.3. The van der Waals surface area contributed by atoms with Crippen LogP contribution in [0, 0.1) is 0 Å². The first-order chi connectivity index (χ1) is 13.5. The Bertz CT molecular complexity index is 960. The molecule has 29 heavy (non-hydrogen) atoms. The van der Waals surface area contributed by atoms with Crippen LogP contribution in [-0.4, -0.2) is 48.8 Å². The van der Waals surface area contributed by atoms with Gasteiger partial charge in [-0.25, -0.2) is 4.98 Å². The molecule has 0 unspecified atom stereocenters. The van der Waals surface area contributed by atoms with Crippen molar-refractivity contribution in [3.05, 3.63) is 60.3 Å². The number of anilines is 2. The maximum absolute atomic E-state index is 12.9. The highest BCUT2D eigenvalue weighted by Gasteiger charge is 2.30. The molecule has 0 aliphatic rings. The molecule has 5 nitrogen and oxygen atoms in total. The number of rotatable bonds is 6. The molecule has 1 heterocycles. The van der Waals surface area contributed by atoms with Crippen molar-refractivity contribution in [2.75, 3.05) is 39.1 Å². The van der Waals surface area contributed by atoms with E-state index in [9.17, 15) is 18.3 Å². The van der Waals surface area contributed by atoms with Gasteiger partial charge in [0.2, 0.25) is 0 Å². The molecule has 8 heteroatoms. The third kappa shape index (κ3) is 5.29. The number of halogens is 3. The van der Waals surface area contributed by atoms with E-state index in [1.165, 1.54) is 18.3 Å². The van der Waals surface area contributed by atoms with Gasteiger partial charge in [-0.2, -0.15) is 13.2 Å². The largest absolute Gasteiger partial charge is 0.508 e. The summed E-state index contributed by atoms with van der Waals surface area (Å²) in [6.45, 7) is 1.21. The van der Waals surface area contributed by atoms with Crippen LogP contribution >= 0.6 is 0 Å². The van der Waals surface area contributed by atoms with Crippen molar-refractivity contribution in [2.45, 2.75) is 6.18 Å². The number of alkyl halides is 3. The van der Waals surface area contributed by atoms with Gasteiger partial charge in [0.1, 0.15) is 5.75 Å². The van der Waals surface area contributed by atoms with E-state index in [-0.39, 0.29) is 11.8 Å². The standard InChI is InChI=1S/C21H22F3N3O2/c1-27(2,3)12-11-26(17-9-7-16(8-10-17)21(22,23)24)20-25-14-19(29-20)15-5-4-6-18(28)13-15/h4-10,13-14H,11-12H2,1-3H3/p+1. The Labute approximate surface area is 167 Å². The smallest absolute Gasteiger partial charge is 0.416 e. The van der Waals surface area contributed by atoms with E-state index in [0.717, 1.165) is 12.1 Å². The van der Waals surface area contributed by atoms with Gasteiger partial charge in [0.15, 0.2) is 5.76 Å². The molecule has 1 aromatic heterocycles. The minimum absolute atomic E-state index is 0.102. The van der Waals surface area contributed by atoms with Crippen LogP contribution in [0.2, 0.25) is 0 Å².